The van der Waals surface area contributed by atoms with E-state index >= 15 is 0 Å². The van der Waals surface area contributed by atoms with Crippen LogP contribution in [0.1, 0.15) is 40.5 Å². The Morgan fingerprint density at radius 1 is 1.12 bits per heavy atom. The fourth-order valence-electron chi connectivity index (χ4n) is 2.80. The van der Waals surface area contributed by atoms with Crippen LogP contribution in [0, 0.1) is 11.8 Å². The Hall–Kier alpha value is -2.65. The van der Waals surface area contributed by atoms with Gasteiger partial charge in [0.15, 0.2) is 0 Å². The van der Waals surface area contributed by atoms with E-state index in [1.165, 1.54) is 13.8 Å². The van der Waals surface area contributed by atoms with E-state index in [1.54, 1.807) is 13.8 Å². The Morgan fingerprint density at radius 2 is 1.62 bits per heavy atom. The molecule has 146 valence electrons. The van der Waals surface area contributed by atoms with E-state index in [9.17, 15) is 29.1 Å². The highest BCUT2D eigenvalue weighted by molar-refractivity contribution is 6.07. The van der Waals surface area contributed by atoms with Crippen LogP contribution in [0.25, 0.3) is 0 Å². The zero-order valence-corrected chi connectivity index (χ0v) is 15.5. The first-order chi connectivity index (χ1) is 12.0. The maximum Gasteiger partial charge on any atom is 0.351 e. The van der Waals surface area contributed by atoms with Crippen molar-refractivity contribution in [1.29, 1.82) is 0 Å². The number of nitrogens with one attached hydrogen (secondary N) is 2. The topological polar surface area (TPSA) is 142 Å². The minimum atomic E-state index is -2.26. The van der Waals surface area contributed by atoms with Gasteiger partial charge < -0.3 is 20.5 Å². The fraction of sp³-hybridized carbons (Fsp3) is 0.688. The predicted octanol–water partition coefficient (Wildman–Crippen LogP) is 0.0691. The number of likely N-dealkylation sites (tertiary alicyclic amines) is 1. The highest BCUT2D eigenvalue weighted by atomic mass is 16.5. The number of hydrogen-bond acceptors (Lipinski definition) is 6. The molecule has 0 aromatic heterocycles. The number of carbonyl (C=O) groups excluding carboxylic acids is 4. The van der Waals surface area contributed by atoms with Gasteiger partial charge in [-0.2, -0.15) is 0 Å². The minimum absolute atomic E-state index is 0.124. The van der Waals surface area contributed by atoms with E-state index in [-0.39, 0.29) is 18.8 Å². The molecule has 0 unspecified atom stereocenters. The smallest absolute Gasteiger partial charge is 0.351 e. The van der Waals surface area contributed by atoms with E-state index in [4.69, 9.17) is 0 Å². The molecule has 1 aliphatic rings. The first kappa shape index (κ1) is 21.4. The molecule has 0 aliphatic carbocycles. The molecule has 1 aliphatic heterocycles. The number of esters is 1. The molecule has 26 heavy (non-hydrogen) atoms. The first-order valence-corrected chi connectivity index (χ1v) is 8.24. The van der Waals surface area contributed by atoms with Crippen LogP contribution in [0.15, 0.2) is 0 Å². The summed E-state index contributed by atoms with van der Waals surface area (Å²) in [4.78, 5) is 61.0. The van der Waals surface area contributed by atoms with Gasteiger partial charge in [0.25, 0.3) is 0 Å². The van der Waals surface area contributed by atoms with Gasteiger partial charge in [0.2, 0.25) is 17.5 Å². The average Bonchev–Trinajstić information content (AvgIpc) is 2.88. The van der Waals surface area contributed by atoms with Crippen LogP contribution in [0.5, 0.6) is 0 Å². The molecule has 10 nitrogen and oxygen atoms in total. The number of rotatable bonds is 7. The predicted molar refractivity (Wildman–Crippen MR) is 88.6 cm³/mol. The van der Waals surface area contributed by atoms with Gasteiger partial charge in [-0.05, 0) is 5.92 Å². The number of hydrogen-bond donors (Lipinski definition) is 3. The maximum atomic E-state index is 12.4. The minimum Gasteiger partial charge on any atom is -0.478 e. The summed E-state index contributed by atoms with van der Waals surface area (Å²) in [7, 11) is 1.16. The second-order valence-corrected chi connectivity index (χ2v) is 6.69. The number of aliphatic carboxylic acids is 1. The molecule has 0 saturated carbocycles. The van der Waals surface area contributed by atoms with Crippen molar-refractivity contribution in [1.82, 2.24) is 15.5 Å². The van der Waals surface area contributed by atoms with Gasteiger partial charge in [0.1, 0.15) is 6.04 Å². The van der Waals surface area contributed by atoms with Crippen LogP contribution in [0.3, 0.4) is 0 Å². The summed E-state index contributed by atoms with van der Waals surface area (Å²) in [6.45, 7) is 6.27. The van der Waals surface area contributed by atoms with Crippen molar-refractivity contribution < 1.29 is 33.8 Å². The molecule has 1 saturated heterocycles. The SMILES string of the molecule is COC(=O)[C@@H](NC(=O)N[C@@](C(=O)O)(C(C)C)N1C(=O)CCC1=O)C(C)C. The van der Waals surface area contributed by atoms with Crippen molar-refractivity contribution in [2.24, 2.45) is 11.8 Å². The van der Waals surface area contributed by atoms with Gasteiger partial charge in [-0.1, -0.05) is 27.7 Å². The molecule has 3 N–H and O–H groups in total. The quantitative estimate of drug-likeness (QED) is 0.424. The van der Waals surface area contributed by atoms with Gasteiger partial charge in [-0.25, -0.2) is 19.3 Å². The lowest BCUT2D eigenvalue weighted by Gasteiger charge is -2.40. The van der Waals surface area contributed by atoms with Crippen LogP contribution < -0.4 is 10.6 Å². The summed E-state index contributed by atoms with van der Waals surface area (Å²) in [6.07, 6.45) is -0.249. The number of carboxylic acids is 1. The summed E-state index contributed by atoms with van der Waals surface area (Å²) >= 11 is 0. The normalized spacial score (nSPS) is 17.9. The van der Waals surface area contributed by atoms with E-state index < -0.39 is 47.4 Å². The third-order valence-electron chi connectivity index (χ3n) is 4.28. The number of urea groups is 1. The monoisotopic (exact) mass is 371 g/mol. The van der Waals surface area contributed by atoms with Crippen molar-refractivity contribution in [2.45, 2.75) is 52.2 Å². The zero-order valence-electron chi connectivity index (χ0n) is 15.5. The number of carbonyl (C=O) groups is 5. The summed E-state index contributed by atoms with van der Waals surface area (Å²) in [5.74, 6) is -4.77. The molecular formula is C16H25N3O7. The van der Waals surface area contributed by atoms with Crippen molar-refractivity contribution in [3.8, 4) is 0 Å². The van der Waals surface area contributed by atoms with E-state index in [1.807, 2.05) is 0 Å². The number of methoxy groups -OCH3 is 1. The van der Waals surface area contributed by atoms with Gasteiger partial charge in [0.05, 0.1) is 7.11 Å². The van der Waals surface area contributed by atoms with Crippen molar-refractivity contribution in [3.63, 3.8) is 0 Å². The molecule has 4 amide bonds. The maximum absolute atomic E-state index is 12.4. The lowest BCUT2D eigenvalue weighted by atomic mass is 9.93. The highest BCUT2D eigenvalue weighted by Gasteiger charge is 2.55. The number of carboxylic acid groups (broad SMARTS) is 1. The summed E-state index contributed by atoms with van der Waals surface area (Å²) in [6, 6.07) is -2.03. The molecular weight excluding hydrogens is 346 g/mol. The second kappa shape index (κ2) is 8.15. The molecule has 0 aromatic carbocycles. The average molecular weight is 371 g/mol. The Balaban J connectivity index is 3.19. The molecule has 0 spiro atoms. The molecule has 0 radical (unpaired) electrons. The Morgan fingerprint density at radius 3 is 1.96 bits per heavy atom. The number of imide groups is 1. The Kier molecular flexibility index (Phi) is 6.71. The van der Waals surface area contributed by atoms with Gasteiger partial charge in [-0.3, -0.25) is 9.59 Å². The molecule has 10 heteroatoms. The van der Waals surface area contributed by atoms with E-state index in [2.05, 4.69) is 15.4 Å². The number of amides is 4. The van der Waals surface area contributed by atoms with Crippen LogP contribution in [0.4, 0.5) is 4.79 Å². The van der Waals surface area contributed by atoms with Crippen LogP contribution in [-0.4, -0.2) is 58.6 Å². The van der Waals surface area contributed by atoms with Crippen LogP contribution >= 0.6 is 0 Å². The zero-order chi connectivity index (χ0) is 20.2. The molecule has 2 atom stereocenters. The van der Waals surface area contributed by atoms with Crippen LogP contribution in [0.2, 0.25) is 0 Å². The summed E-state index contributed by atoms with van der Waals surface area (Å²) in [5.41, 5.74) is -2.26. The third kappa shape index (κ3) is 3.94. The van der Waals surface area contributed by atoms with Crippen molar-refractivity contribution in [2.75, 3.05) is 7.11 Å². The molecule has 0 aromatic rings. The van der Waals surface area contributed by atoms with Gasteiger partial charge >= 0.3 is 18.0 Å². The lowest BCUT2D eigenvalue weighted by molar-refractivity contribution is -0.168. The van der Waals surface area contributed by atoms with E-state index in [0.29, 0.717) is 4.90 Å². The largest absolute Gasteiger partial charge is 0.478 e. The molecule has 1 heterocycles. The standard InChI is InChI=1S/C16H25N3O7/c1-8(2)12(13(22)26-5)17-15(25)18-16(9(3)4,14(23)24)19-10(20)6-7-11(19)21/h8-9,12H,6-7H2,1-5H3,(H,23,24)(H2,17,18,25)/t12-,16-/m0/s1. The summed E-state index contributed by atoms with van der Waals surface area (Å²) < 4.78 is 4.62. The number of ether oxygens (including phenoxy) is 1. The van der Waals surface area contributed by atoms with Crippen LogP contribution in [-0.2, 0) is 23.9 Å². The molecule has 0 bridgehead atoms. The van der Waals surface area contributed by atoms with Crippen molar-refractivity contribution >= 4 is 29.8 Å². The Bertz CT molecular complexity index is 601. The first-order valence-electron chi connectivity index (χ1n) is 8.24. The second-order valence-electron chi connectivity index (χ2n) is 6.69. The molecule has 1 rings (SSSR count). The van der Waals surface area contributed by atoms with E-state index in [0.717, 1.165) is 7.11 Å². The number of nitrogens with zero attached hydrogens (tertiary/aromatic N) is 1. The highest BCUT2D eigenvalue weighted by Crippen LogP contribution is 2.29. The third-order valence-corrected chi connectivity index (χ3v) is 4.28. The van der Waals surface area contributed by atoms with Gasteiger partial charge in [-0.15, -0.1) is 0 Å². The van der Waals surface area contributed by atoms with Gasteiger partial charge in [0, 0.05) is 18.8 Å². The fourth-order valence-corrected chi connectivity index (χ4v) is 2.80. The van der Waals surface area contributed by atoms with Crippen molar-refractivity contribution in [3.05, 3.63) is 0 Å². The molecule has 1 fully saturated rings. The summed E-state index contributed by atoms with van der Waals surface area (Å²) in [5, 5.41) is 14.3. The Labute approximate surface area is 151 Å². The lowest BCUT2D eigenvalue weighted by Crippen LogP contribution is -2.71.